The lowest BCUT2D eigenvalue weighted by Crippen LogP contribution is -2.46. The van der Waals surface area contributed by atoms with Crippen molar-refractivity contribution in [2.24, 2.45) is 0 Å². The lowest BCUT2D eigenvalue weighted by atomic mass is 10.4. The van der Waals surface area contributed by atoms with Crippen molar-refractivity contribution in [1.29, 1.82) is 0 Å². The minimum Gasteiger partial charge on any atom is -0.463 e. The molecule has 0 aromatic heterocycles. The Morgan fingerprint density at radius 3 is 1.81 bits per heavy atom. The molecule has 7 heteroatoms. The van der Waals surface area contributed by atoms with Gasteiger partial charge in [-0.3, -0.25) is 0 Å². The summed E-state index contributed by atoms with van der Waals surface area (Å²) in [4.78, 5) is 11.7. The maximum atomic E-state index is 11.7. The number of carbonyl (C=O) groups excluding carboxylic acids is 1. The summed E-state index contributed by atoms with van der Waals surface area (Å²) in [5, 5.41) is 0. The highest BCUT2D eigenvalue weighted by Crippen LogP contribution is 2.16. The van der Waals surface area contributed by atoms with E-state index in [4.69, 9.17) is 13.6 Å². The topological polar surface area (TPSA) is 44.8 Å². The van der Waals surface area contributed by atoms with Gasteiger partial charge in [0.2, 0.25) is 0 Å². The van der Waals surface area contributed by atoms with Gasteiger partial charge in [0, 0.05) is 5.57 Å². The van der Waals surface area contributed by atoms with Gasteiger partial charge in [-0.15, -0.1) is 0 Å². The molecule has 1 unspecified atom stereocenters. The Hall–Kier alpha value is -0.219. The molecule has 0 aromatic rings. The molecule has 1 atom stereocenters. The fourth-order valence-electron chi connectivity index (χ4n) is 1.35. The van der Waals surface area contributed by atoms with Gasteiger partial charge in [-0.25, -0.2) is 4.79 Å². The molecule has 0 N–H and O–H groups in total. The van der Waals surface area contributed by atoms with Gasteiger partial charge in [-0.1, -0.05) is 13.5 Å². The lowest BCUT2D eigenvalue weighted by Gasteiger charge is -2.33. The number of rotatable bonds is 9. The van der Waals surface area contributed by atoms with E-state index < -0.39 is 16.6 Å². The number of esters is 1. The molecule has 122 valence electrons. The lowest BCUT2D eigenvalue weighted by molar-refractivity contribution is -0.141. The second kappa shape index (κ2) is 8.42. The Kier molecular flexibility index (Phi) is 8.33. The third kappa shape index (κ3) is 11.1. The van der Waals surface area contributed by atoms with Crippen LogP contribution in [0.2, 0.25) is 39.3 Å². The highest BCUT2D eigenvalue weighted by Gasteiger charge is 2.30. The number of hydrogen-bond donors (Lipinski definition) is 0. The highest BCUT2D eigenvalue weighted by atomic mass is 28.4. The van der Waals surface area contributed by atoms with Crippen molar-refractivity contribution < 1.29 is 18.4 Å². The molecule has 0 rings (SSSR count). The summed E-state index contributed by atoms with van der Waals surface area (Å²) in [5.74, 6) is -0.611. The van der Waals surface area contributed by atoms with Gasteiger partial charge >= 0.3 is 5.97 Å². The third-order valence-corrected chi connectivity index (χ3v) is 5.93. The molecule has 0 aliphatic rings. The molecule has 0 aliphatic heterocycles. The first kappa shape index (κ1) is 20.8. The second-order valence-electron chi connectivity index (χ2n) is 7.04. The Bertz CT molecular complexity index is 342. The van der Waals surface area contributed by atoms with Crippen LogP contribution in [-0.2, 0) is 18.4 Å². The van der Waals surface area contributed by atoms with Gasteiger partial charge in [-0.2, -0.15) is 0 Å². The van der Waals surface area contributed by atoms with Crippen LogP contribution in [0.3, 0.4) is 0 Å². The first-order valence-corrected chi connectivity index (χ1v) is 15.3. The predicted molar refractivity (Wildman–Crippen MR) is 93.4 cm³/mol. The minimum atomic E-state index is -1.72. The monoisotopic (exact) mass is 346 g/mol. The molecule has 0 aromatic carbocycles. The van der Waals surface area contributed by atoms with Crippen molar-refractivity contribution in [2.45, 2.75) is 71.2 Å². The van der Waals surface area contributed by atoms with Crippen LogP contribution in [-0.4, -0.2) is 43.8 Å². The van der Waals surface area contributed by atoms with Crippen LogP contribution >= 0.6 is 0 Å². The molecule has 0 fully saturated rings. The molecule has 0 spiro atoms. The van der Waals surface area contributed by atoms with Crippen LogP contribution in [0.4, 0.5) is 0 Å². The van der Waals surface area contributed by atoms with Gasteiger partial charge in [0.25, 0.3) is 0 Å². The van der Waals surface area contributed by atoms with Crippen LogP contribution in [0.25, 0.3) is 0 Å². The van der Waals surface area contributed by atoms with E-state index in [-0.39, 0.29) is 27.1 Å². The van der Waals surface area contributed by atoms with Crippen LogP contribution in [0, 0.1) is 0 Å². The summed E-state index contributed by atoms with van der Waals surface area (Å²) in [6.07, 6.45) is 0.748. The summed E-state index contributed by atoms with van der Waals surface area (Å²) in [7, 11) is -3.14. The number of ether oxygens (including phenoxy) is 1. The van der Waals surface area contributed by atoms with E-state index in [0.29, 0.717) is 5.57 Å². The molecular weight excluding hydrogens is 316 g/mol. The maximum Gasteiger partial charge on any atom is 0.333 e. The molecule has 0 saturated heterocycles. The third-order valence-electron chi connectivity index (χ3n) is 2.21. The van der Waals surface area contributed by atoms with Gasteiger partial charge in [0.15, 0.2) is 26.2 Å². The molecule has 0 aliphatic carbocycles. The molecule has 4 nitrogen and oxygen atoms in total. The zero-order chi connectivity index (χ0) is 16.8. The zero-order valence-corrected chi connectivity index (χ0v) is 17.7. The SMILES string of the molecule is C=C(C)C(=O)OC(CC)[Si]C(O[Si](C)(C)C)O[Si](C)(C)C. The first-order valence-electron chi connectivity index (χ1n) is 7.32. The van der Waals surface area contributed by atoms with Crippen LogP contribution in [0.15, 0.2) is 12.2 Å². The highest BCUT2D eigenvalue weighted by molar-refractivity contribution is 6.71. The van der Waals surface area contributed by atoms with Crippen molar-refractivity contribution >= 4 is 32.1 Å². The van der Waals surface area contributed by atoms with E-state index in [0.717, 1.165) is 6.42 Å². The van der Waals surface area contributed by atoms with Crippen molar-refractivity contribution in [3.8, 4) is 0 Å². The van der Waals surface area contributed by atoms with Gasteiger partial charge in [-0.05, 0) is 52.6 Å². The number of carbonyl (C=O) groups is 1. The summed E-state index contributed by atoms with van der Waals surface area (Å²) in [6, 6.07) is 0. The first-order chi connectivity index (χ1) is 9.34. The zero-order valence-electron chi connectivity index (χ0n) is 14.7. The molecular formula is C14H30O4Si3. The Morgan fingerprint density at radius 2 is 1.52 bits per heavy atom. The van der Waals surface area contributed by atoms with E-state index >= 15 is 0 Å². The summed E-state index contributed by atoms with van der Waals surface area (Å²) in [5.41, 5.74) is 0.249. The fourth-order valence-corrected chi connectivity index (χ4v) is 6.21. The molecule has 21 heavy (non-hydrogen) atoms. The van der Waals surface area contributed by atoms with Crippen molar-refractivity contribution in [3.05, 3.63) is 12.2 Å². The quantitative estimate of drug-likeness (QED) is 0.277. The largest absolute Gasteiger partial charge is 0.463 e. The van der Waals surface area contributed by atoms with Gasteiger partial charge in [0.1, 0.15) is 5.91 Å². The van der Waals surface area contributed by atoms with Crippen LogP contribution in [0.5, 0.6) is 0 Å². The van der Waals surface area contributed by atoms with E-state index in [1.54, 1.807) is 6.92 Å². The standard InChI is InChI=1S/C14H30O4Si3/c1-10-12(16-13(15)11(2)3)19-14(17-20(4,5)6)18-21(7,8)9/h12,14H,2,10H2,1,3-9H3. The van der Waals surface area contributed by atoms with Crippen molar-refractivity contribution in [3.63, 3.8) is 0 Å². The maximum absolute atomic E-state index is 11.7. The minimum absolute atomic E-state index is 0.174. The molecule has 0 amide bonds. The van der Waals surface area contributed by atoms with Crippen molar-refractivity contribution in [2.75, 3.05) is 0 Å². The summed E-state index contributed by atoms with van der Waals surface area (Å²) < 4.78 is 17.7. The fraction of sp³-hybridized carbons (Fsp3) is 0.786. The predicted octanol–water partition coefficient (Wildman–Crippen LogP) is 3.53. The molecule has 0 saturated carbocycles. The normalized spacial score (nSPS) is 14.1. The summed E-state index contributed by atoms with van der Waals surface area (Å²) in [6.45, 7) is 20.1. The molecule has 0 heterocycles. The molecule has 0 bridgehead atoms. The average molecular weight is 347 g/mol. The smallest absolute Gasteiger partial charge is 0.333 e. The Balaban J connectivity index is 4.82. The van der Waals surface area contributed by atoms with Crippen LogP contribution in [0.1, 0.15) is 20.3 Å². The van der Waals surface area contributed by atoms with E-state index in [2.05, 4.69) is 45.9 Å². The van der Waals surface area contributed by atoms with E-state index in [1.165, 1.54) is 0 Å². The Labute approximate surface area is 134 Å². The van der Waals surface area contributed by atoms with Gasteiger partial charge < -0.3 is 13.6 Å². The number of hydrogen-bond acceptors (Lipinski definition) is 4. The van der Waals surface area contributed by atoms with Gasteiger partial charge in [0.05, 0.1) is 5.73 Å². The van der Waals surface area contributed by atoms with E-state index in [9.17, 15) is 4.79 Å². The summed E-state index contributed by atoms with van der Waals surface area (Å²) >= 11 is 0. The Morgan fingerprint density at radius 1 is 1.10 bits per heavy atom. The average Bonchev–Trinajstić information content (AvgIpc) is 2.22. The second-order valence-corrected chi connectivity index (χ2v) is 17.4. The van der Waals surface area contributed by atoms with E-state index in [1.807, 2.05) is 6.92 Å². The van der Waals surface area contributed by atoms with Crippen molar-refractivity contribution in [1.82, 2.24) is 0 Å². The van der Waals surface area contributed by atoms with Crippen LogP contribution < -0.4 is 0 Å². The molecule has 2 radical (unpaired) electrons.